The van der Waals surface area contributed by atoms with E-state index in [9.17, 15) is 4.79 Å². The first-order valence-corrected chi connectivity index (χ1v) is 7.71. The number of ether oxygens (including phenoxy) is 2. The second-order valence-corrected chi connectivity index (χ2v) is 6.05. The predicted molar refractivity (Wildman–Crippen MR) is 75.3 cm³/mol. The molecule has 116 valence electrons. The van der Waals surface area contributed by atoms with Crippen molar-refractivity contribution < 1.29 is 19.4 Å². The van der Waals surface area contributed by atoms with Crippen LogP contribution in [-0.4, -0.2) is 60.5 Å². The molecule has 1 amide bonds. The van der Waals surface area contributed by atoms with Gasteiger partial charge in [0.05, 0.1) is 37.4 Å². The summed E-state index contributed by atoms with van der Waals surface area (Å²) in [4.78, 5) is 14.6. The maximum absolute atomic E-state index is 12.7. The average molecular weight is 285 g/mol. The average Bonchev–Trinajstić information content (AvgIpc) is 2.70. The highest BCUT2D eigenvalue weighted by atomic mass is 16.5. The third-order valence-electron chi connectivity index (χ3n) is 4.73. The Kier molecular flexibility index (Phi) is 5.41. The van der Waals surface area contributed by atoms with E-state index in [-0.39, 0.29) is 42.7 Å². The molecule has 0 aromatic rings. The van der Waals surface area contributed by atoms with Crippen LogP contribution in [0.15, 0.2) is 0 Å². The second kappa shape index (κ2) is 6.87. The number of likely N-dealkylation sites (tertiary alicyclic amines) is 1. The smallest absolute Gasteiger partial charge is 0.228 e. The fraction of sp³-hybridized carbons (Fsp3) is 0.933. The molecule has 0 bridgehead atoms. The van der Waals surface area contributed by atoms with Crippen molar-refractivity contribution in [1.82, 2.24) is 4.90 Å². The van der Waals surface area contributed by atoms with Gasteiger partial charge >= 0.3 is 0 Å². The lowest BCUT2D eigenvalue weighted by atomic mass is 9.88. The molecule has 5 nitrogen and oxygen atoms in total. The topological polar surface area (TPSA) is 59.0 Å². The molecule has 0 aromatic heterocycles. The van der Waals surface area contributed by atoms with E-state index in [1.807, 2.05) is 18.7 Å². The minimum atomic E-state index is -0.0140. The zero-order valence-corrected chi connectivity index (χ0v) is 12.7. The molecule has 0 aromatic carbocycles. The van der Waals surface area contributed by atoms with E-state index in [2.05, 4.69) is 6.92 Å². The van der Waals surface area contributed by atoms with Crippen molar-refractivity contribution in [2.45, 2.75) is 51.9 Å². The van der Waals surface area contributed by atoms with E-state index < -0.39 is 0 Å². The van der Waals surface area contributed by atoms with Gasteiger partial charge in [-0.25, -0.2) is 0 Å². The van der Waals surface area contributed by atoms with Crippen LogP contribution in [0, 0.1) is 11.8 Å². The Balaban J connectivity index is 1.85. The molecule has 4 atom stereocenters. The van der Waals surface area contributed by atoms with Crippen molar-refractivity contribution >= 4 is 5.91 Å². The first-order valence-electron chi connectivity index (χ1n) is 7.71. The van der Waals surface area contributed by atoms with Gasteiger partial charge in [0.1, 0.15) is 0 Å². The molecule has 0 spiro atoms. The molecule has 1 N–H and O–H groups in total. The molecule has 0 aliphatic carbocycles. The van der Waals surface area contributed by atoms with Gasteiger partial charge in [0.2, 0.25) is 5.91 Å². The fourth-order valence-corrected chi connectivity index (χ4v) is 3.37. The largest absolute Gasteiger partial charge is 0.394 e. The number of carbonyl (C=O) groups is 1. The minimum Gasteiger partial charge on any atom is -0.394 e. The van der Waals surface area contributed by atoms with Gasteiger partial charge < -0.3 is 19.5 Å². The third-order valence-corrected chi connectivity index (χ3v) is 4.73. The van der Waals surface area contributed by atoms with Gasteiger partial charge in [-0.3, -0.25) is 4.79 Å². The SMILES string of the molecule is CC1OC(C)C(C(=O)N2CCC(OCCO)CC2)C1C. The van der Waals surface area contributed by atoms with Crippen LogP contribution in [-0.2, 0) is 14.3 Å². The monoisotopic (exact) mass is 285 g/mol. The van der Waals surface area contributed by atoms with Gasteiger partial charge in [0, 0.05) is 13.1 Å². The van der Waals surface area contributed by atoms with Gasteiger partial charge in [-0.15, -0.1) is 0 Å². The van der Waals surface area contributed by atoms with Gasteiger partial charge in [-0.2, -0.15) is 0 Å². The number of nitrogens with zero attached hydrogens (tertiary/aromatic N) is 1. The van der Waals surface area contributed by atoms with Crippen molar-refractivity contribution in [2.75, 3.05) is 26.3 Å². The van der Waals surface area contributed by atoms with Crippen LogP contribution in [0.25, 0.3) is 0 Å². The van der Waals surface area contributed by atoms with Gasteiger partial charge in [0.25, 0.3) is 0 Å². The molecule has 2 aliphatic heterocycles. The number of amides is 1. The number of carbonyl (C=O) groups excluding carboxylic acids is 1. The maximum Gasteiger partial charge on any atom is 0.228 e. The van der Waals surface area contributed by atoms with Crippen LogP contribution < -0.4 is 0 Å². The van der Waals surface area contributed by atoms with Crippen molar-refractivity contribution in [3.05, 3.63) is 0 Å². The molecule has 2 fully saturated rings. The number of rotatable bonds is 4. The summed E-state index contributed by atoms with van der Waals surface area (Å²) < 4.78 is 11.3. The maximum atomic E-state index is 12.7. The molecule has 2 saturated heterocycles. The highest BCUT2D eigenvalue weighted by Crippen LogP contribution is 2.34. The molecule has 5 heteroatoms. The standard InChI is InChI=1S/C15H27NO4/c1-10-11(2)20-12(3)14(10)15(18)16-6-4-13(5-7-16)19-9-8-17/h10-14,17H,4-9H2,1-3H3. The highest BCUT2D eigenvalue weighted by Gasteiger charge is 2.43. The van der Waals surface area contributed by atoms with Crippen LogP contribution in [0.5, 0.6) is 0 Å². The van der Waals surface area contributed by atoms with E-state index in [1.54, 1.807) is 0 Å². The summed E-state index contributed by atoms with van der Waals surface area (Å²) in [6.07, 6.45) is 2.06. The van der Waals surface area contributed by atoms with Crippen LogP contribution in [0.3, 0.4) is 0 Å². The number of hydrogen-bond acceptors (Lipinski definition) is 4. The van der Waals surface area contributed by atoms with Gasteiger partial charge in [0.15, 0.2) is 0 Å². The Morgan fingerprint density at radius 1 is 1.25 bits per heavy atom. The number of hydrogen-bond donors (Lipinski definition) is 1. The number of piperidine rings is 1. The molecule has 20 heavy (non-hydrogen) atoms. The Morgan fingerprint density at radius 3 is 2.40 bits per heavy atom. The summed E-state index contributed by atoms with van der Waals surface area (Å²) in [5.74, 6) is 0.496. The van der Waals surface area contributed by atoms with E-state index >= 15 is 0 Å². The zero-order chi connectivity index (χ0) is 14.7. The molecule has 2 aliphatic rings. The summed E-state index contributed by atoms with van der Waals surface area (Å²) >= 11 is 0. The van der Waals surface area contributed by atoms with E-state index in [0.29, 0.717) is 6.61 Å². The molecule has 0 radical (unpaired) electrons. The number of aliphatic hydroxyl groups excluding tert-OH is 1. The van der Waals surface area contributed by atoms with Crippen molar-refractivity contribution in [3.63, 3.8) is 0 Å². The fourth-order valence-electron chi connectivity index (χ4n) is 3.37. The molecule has 2 rings (SSSR count). The second-order valence-electron chi connectivity index (χ2n) is 6.05. The summed E-state index contributed by atoms with van der Waals surface area (Å²) in [6.45, 7) is 8.10. The lowest BCUT2D eigenvalue weighted by Gasteiger charge is -2.34. The lowest BCUT2D eigenvalue weighted by molar-refractivity contribution is -0.140. The highest BCUT2D eigenvalue weighted by molar-refractivity contribution is 5.80. The lowest BCUT2D eigenvalue weighted by Crippen LogP contribution is -2.46. The van der Waals surface area contributed by atoms with Crippen molar-refractivity contribution in [3.8, 4) is 0 Å². The molecule has 4 unspecified atom stereocenters. The summed E-state index contributed by atoms with van der Waals surface area (Å²) in [7, 11) is 0. The first kappa shape index (κ1) is 15.7. The van der Waals surface area contributed by atoms with Crippen molar-refractivity contribution in [2.24, 2.45) is 11.8 Å². The van der Waals surface area contributed by atoms with Crippen LogP contribution in [0.2, 0.25) is 0 Å². The Labute approximate surface area is 121 Å². The minimum absolute atomic E-state index is 0.0101. The molecule has 0 saturated carbocycles. The quantitative estimate of drug-likeness (QED) is 0.838. The summed E-state index contributed by atoms with van der Waals surface area (Å²) in [6, 6.07) is 0. The van der Waals surface area contributed by atoms with Gasteiger partial charge in [-0.1, -0.05) is 6.92 Å². The van der Waals surface area contributed by atoms with Gasteiger partial charge in [-0.05, 0) is 32.6 Å². The molecular formula is C15H27NO4. The molecular weight excluding hydrogens is 258 g/mol. The Morgan fingerprint density at radius 2 is 1.90 bits per heavy atom. The predicted octanol–water partition coefficient (Wildman–Crippen LogP) is 1.05. The first-order chi connectivity index (χ1) is 9.54. The summed E-state index contributed by atoms with van der Waals surface area (Å²) in [5.41, 5.74) is 0. The van der Waals surface area contributed by atoms with E-state index in [4.69, 9.17) is 14.6 Å². The Bertz CT molecular complexity index is 328. The Hall–Kier alpha value is -0.650. The summed E-state index contributed by atoms with van der Waals surface area (Å²) in [5, 5.41) is 8.76. The van der Waals surface area contributed by atoms with Crippen molar-refractivity contribution in [1.29, 1.82) is 0 Å². The van der Waals surface area contributed by atoms with E-state index in [1.165, 1.54) is 0 Å². The zero-order valence-electron chi connectivity index (χ0n) is 12.7. The molecule has 2 heterocycles. The van der Waals surface area contributed by atoms with Crippen LogP contribution >= 0.6 is 0 Å². The van der Waals surface area contributed by atoms with Crippen LogP contribution in [0.1, 0.15) is 33.6 Å². The van der Waals surface area contributed by atoms with Crippen LogP contribution in [0.4, 0.5) is 0 Å². The van der Waals surface area contributed by atoms with E-state index in [0.717, 1.165) is 25.9 Å². The third kappa shape index (κ3) is 3.32. The number of aliphatic hydroxyl groups is 1. The normalized spacial score (nSPS) is 35.5.